The van der Waals surface area contributed by atoms with Crippen molar-refractivity contribution in [1.29, 1.82) is 0 Å². The average molecular weight is 384 g/mol. The van der Waals surface area contributed by atoms with Gasteiger partial charge < -0.3 is 14.6 Å². The molecule has 6 nitrogen and oxygen atoms in total. The third-order valence-corrected chi connectivity index (χ3v) is 7.43. The highest BCUT2D eigenvalue weighted by Gasteiger charge is 2.55. The van der Waals surface area contributed by atoms with Crippen molar-refractivity contribution in [3.63, 3.8) is 0 Å². The molecule has 6 heteroatoms. The molecule has 0 unspecified atom stereocenters. The predicted octanol–water partition coefficient (Wildman–Crippen LogP) is 3.19. The number of aromatic amines is 1. The van der Waals surface area contributed by atoms with Gasteiger partial charge in [-0.3, -0.25) is 14.4 Å². The number of ketones is 1. The smallest absolute Gasteiger partial charge is 0.312 e. The van der Waals surface area contributed by atoms with Crippen molar-refractivity contribution in [3.05, 3.63) is 23.5 Å². The Morgan fingerprint density at radius 1 is 1.04 bits per heavy atom. The number of hydrogen-bond acceptors (Lipinski definition) is 4. The molecule has 4 bridgehead atoms. The Morgan fingerprint density at radius 3 is 2.25 bits per heavy atom. The quantitative estimate of drug-likeness (QED) is 0.625. The van der Waals surface area contributed by atoms with Crippen LogP contribution in [0.2, 0.25) is 0 Å². The summed E-state index contributed by atoms with van der Waals surface area (Å²) >= 11 is 0. The van der Waals surface area contributed by atoms with Crippen LogP contribution in [0.1, 0.15) is 72.2 Å². The van der Waals surface area contributed by atoms with Crippen LogP contribution in [-0.2, 0) is 9.53 Å². The molecular weight excluding hydrogens is 356 g/mol. The van der Waals surface area contributed by atoms with Crippen LogP contribution in [0.4, 0.5) is 0 Å². The van der Waals surface area contributed by atoms with Gasteiger partial charge in [0.15, 0.2) is 6.61 Å². The van der Waals surface area contributed by atoms with Crippen LogP contribution in [0.15, 0.2) is 12.3 Å². The Labute approximate surface area is 165 Å². The number of carbonyl (C=O) groups is 3. The molecule has 150 valence electrons. The second-order valence-electron chi connectivity index (χ2n) is 9.50. The van der Waals surface area contributed by atoms with E-state index in [-0.39, 0.29) is 29.7 Å². The summed E-state index contributed by atoms with van der Waals surface area (Å²) in [5.41, 5.74) is 0.489. The maximum absolute atomic E-state index is 12.9. The lowest BCUT2D eigenvalue weighted by atomic mass is 9.49. The van der Waals surface area contributed by atoms with E-state index in [1.54, 1.807) is 17.2 Å². The number of carbonyl (C=O) groups excluding carboxylic acids is 3. The molecule has 4 saturated carbocycles. The lowest BCUT2D eigenvalue weighted by molar-refractivity contribution is -0.170. The van der Waals surface area contributed by atoms with E-state index in [0.29, 0.717) is 29.0 Å². The Kier molecular flexibility index (Phi) is 4.33. The summed E-state index contributed by atoms with van der Waals surface area (Å²) in [6.07, 6.45) is 10.2. The van der Waals surface area contributed by atoms with Gasteiger partial charge in [0.05, 0.1) is 5.41 Å². The number of nitrogens with one attached hydrogen (secondary N) is 1. The third kappa shape index (κ3) is 3.07. The molecule has 5 aliphatic rings. The molecule has 6 rings (SSSR count). The highest BCUT2D eigenvalue weighted by Crippen LogP contribution is 2.60. The second kappa shape index (κ2) is 6.75. The second-order valence-corrected chi connectivity index (χ2v) is 9.50. The number of ether oxygens (including phenoxy) is 1. The van der Waals surface area contributed by atoms with Gasteiger partial charge in [-0.25, -0.2) is 0 Å². The van der Waals surface area contributed by atoms with E-state index in [2.05, 4.69) is 4.98 Å². The Balaban J connectivity index is 1.20. The number of Topliss-reactive ketones (excluding diaryl/α,β-unsaturated/α-hetero) is 1. The number of H-pyrrole nitrogens is 1. The van der Waals surface area contributed by atoms with Crippen LogP contribution in [-0.4, -0.2) is 47.2 Å². The lowest BCUT2D eigenvalue weighted by Gasteiger charge is -2.55. The van der Waals surface area contributed by atoms with Gasteiger partial charge in [-0.05, 0) is 75.2 Å². The first-order valence-electron chi connectivity index (χ1n) is 10.7. The van der Waals surface area contributed by atoms with Crippen molar-refractivity contribution in [3.8, 4) is 0 Å². The van der Waals surface area contributed by atoms with E-state index < -0.39 is 0 Å². The van der Waals surface area contributed by atoms with Crippen LogP contribution in [0.3, 0.4) is 0 Å². The number of hydrogen-bond donors (Lipinski definition) is 1. The molecule has 28 heavy (non-hydrogen) atoms. The van der Waals surface area contributed by atoms with E-state index >= 15 is 0 Å². The number of amides is 1. The molecule has 4 aliphatic carbocycles. The minimum atomic E-state index is -0.343. The number of aromatic nitrogens is 1. The minimum absolute atomic E-state index is 0.0675. The number of nitrogens with zero attached hydrogens (tertiary/aromatic N) is 1. The highest BCUT2D eigenvalue weighted by atomic mass is 16.5. The SMILES string of the molecule is O=C(COC(=O)C12CC3CC(CC(C3)C1)C2)c1c[nH]c(C(=O)N2CCCC2)c1. The molecular formula is C22H28N2O4. The summed E-state index contributed by atoms with van der Waals surface area (Å²) < 4.78 is 5.51. The van der Waals surface area contributed by atoms with E-state index in [1.807, 2.05) is 0 Å². The number of rotatable bonds is 5. The van der Waals surface area contributed by atoms with Gasteiger partial charge in [-0.15, -0.1) is 0 Å². The first-order valence-corrected chi connectivity index (χ1v) is 10.7. The molecule has 1 saturated heterocycles. The summed E-state index contributed by atoms with van der Waals surface area (Å²) in [6, 6.07) is 1.58. The molecule has 5 fully saturated rings. The molecule has 2 heterocycles. The fraction of sp³-hybridized carbons (Fsp3) is 0.682. The average Bonchev–Trinajstić information content (AvgIpc) is 3.36. The highest BCUT2D eigenvalue weighted by molar-refractivity contribution is 6.01. The van der Waals surface area contributed by atoms with Gasteiger partial charge in [-0.1, -0.05) is 0 Å². The normalized spacial score (nSPS) is 33.3. The van der Waals surface area contributed by atoms with Gasteiger partial charge in [0.25, 0.3) is 5.91 Å². The minimum Gasteiger partial charge on any atom is -0.457 e. The standard InChI is InChI=1S/C22H28N2O4/c25-19(17-8-18(23-12-17)20(26)24-3-1-2-4-24)13-28-21(27)22-9-14-5-15(10-22)7-16(6-14)11-22/h8,12,14-16,23H,1-7,9-11,13H2. The molecule has 1 aliphatic heterocycles. The van der Waals surface area contributed by atoms with Gasteiger partial charge in [0.2, 0.25) is 5.78 Å². The molecule has 1 aromatic rings. The fourth-order valence-electron chi connectivity index (χ4n) is 6.50. The van der Waals surface area contributed by atoms with Gasteiger partial charge in [0, 0.05) is 24.8 Å². The monoisotopic (exact) mass is 384 g/mol. The molecule has 1 amide bonds. The summed E-state index contributed by atoms with van der Waals surface area (Å²) in [4.78, 5) is 42.5. The number of esters is 1. The van der Waals surface area contributed by atoms with Gasteiger partial charge in [0.1, 0.15) is 5.69 Å². The van der Waals surface area contributed by atoms with E-state index in [9.17, 15) is 14.4 Å². The third-order valence-electron chi connectivity index (χ3n) is 7.43. The fourth-order valence-corrected chi connectivity index (χ4v) is 6.50. The molecule has 0 radical (unpaired) electrons. The summed E-state index contributed by atoms with van der Waals surface area (Å²) in [7, 11) is 0. The molecule has 0 aromatic carbocycles. The zero-order valence-corrected chi connectivity index (χ0v) is 16.2. The first kappa shape index (κ1) is 18.0. The maximum atomic E-state index is 12.9. The van der Waals surface area contributed by atoms with E-state index in [1.165, 1.54) is 19.3 Å². The molecule has 0 spiro atoms. The predicted molar refractivity (Wildman–Crippen MR) is 102 cm³/mol. The molecule has 1 aromatic heterocycles. The van der Waals surface area contributed by atoms with Gasteiger partial charge in [-0.2, -0.15) is 0 Å². The van der Waals surface area contributed by atoms with Crippen LogP contribution in [0.5, 0.6) is 0 Å². The molecule has 1 N–H and O–H groups in total. The van der Waals surface area contributed by atoms with Crippen LogP contribution in [0.25, 0.3) is 0 Å². The van der Waals surface area contributed by atoms with Crippen molar-refractivity contribution in [2.75, 3.05) is 19.7 Å². The van der Waals surface area contributed by atoms with Gasteiger partial charge >= 0.3 is 5.97 Å². The van der Waals surface area contributed by atoms with Crippen molar-refractivity contribution < 1.29 is 19.1 Å². The Morgan fingerprint density at radius 2 is 1.64 bits per heavy atom. The Bertz CT molecular complexity index is 770. The zero-order valence-electron chi connectivity index (χ0n) is 16.2. The van der Waals surface area contributed by atoms with Crippen molar-refractivity contribution in [2.24, 2.45) is 23.2 Å². The molecule has 0 atom stereocenters. The summed E-state index contributed by atoms with van der Waals surface area (Å²) in [6.45, 7) is 1.30. The van der Waals surface area contributed by atoms with Crippen LogP contribution in [0, 0.1) is 23.2 Å². The summed E-state index contributed by atoms with van der Waals surface area (Å²) in [5.74, 6) is 1.50. The number of likely N-dealkylation sites (tertiary alicyclic amines) is 1. The van der Waals surface area contributed by atoms with Crippen LogP contribution >= 0.6 is 0 Å². The largest absolute Gasteiger partial charge is 0.457 e. The lowest BCUT2D eigenvalue weighted by Crippen LogP contribution is -2.50. The van der Waals surface area contributed by atoms with Crippen molar-refractivity contribution >= 4 is 17.7 Å². The zero-order chi connectivity index (χ0) is 19.3. The van der Waals surface area contributed by atoms with E-state index in [4.69, 9.17) is 4.74 Å². The first-order chi connectivity index (χ1) is 13.5. The summed E-state index contributed by atoms with van der Waals surface area (Å²) in [5, 5.41) is 0. The topological polar surface area (TPSA) is 79.5 Å². The Hall–Kier alpha value is -2.11. The maximum Gasteiger partial charge on any atom is 0.312 e. The van der Waals surface area contributed by atoms with Crippen LogP contribution < -0.4 is 0 Å². The van der Waals surface area contributed by atoms with Crippen molar-refractivity contribution in [2.45, 2.75) is 51.4 Å². The van der Waals surface area contributed by atoms with E-state index in [0.717, 1.165) is 45.2 Å². The van der Waals surface area contributed by atoms with Crippen molar-refractivity contribution in [1.82, 2.24) is 9.88 Å².